The topological polar surface area (TPSA) is 6.48 Å². The van der Waals surface area contributed by atoms with Crippen molar-refractivity contribution >= 4 is 17.3 Å². The fourth-order valence-electron chi connectivity index (χ4n) is 3.38. The fraction of sp³-hybridized carbons (Fsp3) is 0.600. The van der Waals surface area contributed by atoms with Crippen LogP contribution in [0, 0.1) is 5.82 Å². The molecule has 2 aliphatic heterocycles. The summed E-state index contributed by atoms with van der Waals surface area (Å²) < 4.78 is 14.1. The van der Waals surface area contributed by atoms with E-state index in [1.54, 1.807) is 12.1 Å². The van der Waals surface area contributed by atoms with E-state index < -0.39 is 0 Å². The van der Waals surface area contributed by atoms with Crippen LogP contribution < -0.4 is 4.90 Å². The van der Waals surface area contributed by atoms with Gasteiger partial charge in [0.05, 0.1) is 5.69 Å². The van der Waals surface area contributed by atoms with E-state index in [9.17, 15) is 4.39 Å². The summed E-state index contributed by atoms with van der Waals surface area (Å²) in [6, 6.07) is 5.80. The van der Waals surface area contributed by atoms with Crippen LogP contribution in [0.15, 0.2) is 18.2 Å². The zero-order valence-electron chi connectivity index (χ0n) is 11.1. The first-order chi connectivity index (χ1) is 9.29. The standard InChI is InChI=1S/C15H20ClFN2/c16-10-12-4-3-6-14(17)15(12)19-9-8-18-7-2-1-5-13(18)11-19/h3-4,6,13H,1-2,5,7-11H2. The van der Waals surface area contributed by atoms with Crippen molar-refractivity contribution in [3.63, 3.8) is 0 Å². The van der Waals surface area contributed by atoms with Gasteiger partial charge in [-0.05, 0) is 31.0 Å². The molecular weight excluding hydrogens is 263 g/mol. The third-order valence-electron chi connectivity index (χ3n) is 4.37. The van der Waals surface area contributed by atoms with Gasteiger partial charge in [-0.3, -0.25) is 4.90 Å². The molecule has 1 aromatic carbocycles. The highest BCUT2D eigenvalue weighted by Gasteiger charge is 2.30. The number of benzene rings is 1. The summed E-state index contributed by atoms with van der Waals surface area (Å²) in [5, 5.41) is 0. The summed E-state index contributed by atoms with van der Waals surface area (Å²) in [6.45, 7) is 4.09. The van der Waals surface area contributed by atoms with Crippen LogP contribution in [0.3, 0.4) is 0 Å². The number of piperidine rings is 1. The smallest absolute Gasteiger partial charge is 0.146 e. The molecule has 19 heavy (non-hydrogen) atoms. The van der Waals surface area contributed by atoms with Gasteiger partial charge < -0.3 is 4.90 Å². The van der Waals surface area contributed by atoms with Crippen molar-refractivity contribution in [2.45, 2.75) is 31.2 Å². The van der Waals surface area contributed by atoms with Crippen LogP contribution in [0.5, 0.6) is 0 Å². The average molecular weight is 283 g/mol. The predicted octanol–water partition coefficient (Wildman–Crippen LogP) is 3.24. The van der Waals surface area contributed by atoms with E-state index in [1.807, 2.05) is 6.07 Å². The van der Waals surface area contributed by atoms with E-state index >= 15 is 0 Å². The minimum absolute atomic E-state index is 0.137. The van der Waals surface area contributed by atoms with Gasteiger partial charge in [0.15, 0.2) is 0 Å². The van der Waals surface area contributed by atoms with Gasteiger partial charge in [-0.2, -0.15) is 0 Å². The molecule has 0 spiro atoms. The third-order valence-corrected chi connectivity index (χ3v) is 4.66. The molecule has 104 valence electrons. The molecular formula is C15H20ClFN2. The lowest BCUT2D eigenvalue weighted by Crippen LogP contribution is -2.55. The summed E-state index contributed by atoms with van der Waals surface area (Å²) in [5.41, 5.74) is 1.63. The zero-order chi connectivity index (χ0) is 13.2. The number of anilines is 1. The highest BCUT2D eigenvalue weighted by Crippen LogP contribution is 2.30. The summed E-state index contributed by atoms with van der Waals surface area (Å²) >= 11 is 5.96. The second kappa shape index (κ2) is 5.68. The van der Waals surface area contributed by atoms with Crippen LogP contribution in [-0.2, 0) is 5.88 Å². The number of rotatable bonds is 2. The van der Waals surface area contributed by atoms with Crippen molar-refractivity contribution in [2.75, 3.05) is 31.1 Å². The molecule has 2 nitrogen and oxygen atoms in total. The Morgan fingerprint density at radius 2 is 2.11 bits per heavy atom. The molecule has 0 N–H and O–H groups in total. The monoisotopic (exact) mass is 282 g/mol. The lowest BCUT2D eigenvalue weighted by molar-refractivity contribution is 0.133. The molecule has 2 fully saturated rings. The predicted molar refractivity (Wildman–Crippen MR) is 77.4 cm³/mol. The molecule has 0 aromatic heterocycles. The van der Waals surface area contributed by atoms with E-state index in [4.69, 9.17) is 11.6 Å². The van der Waals surface area contributed by atoms with Crippen LogP contribution in [0.1, 0.15) is 24.8 Å². The van der Waals surface area contributed by atoms with E-state index in [0.717, 1.165) is 30.9 Å². The first kappa shape index (κ1) is 13.2. The van der Waals surface area contributed by atoms with E-state index in [0.29, 0.717) is 11.9 Å². The van der Waals surface area contributed by atoms with Gasteiger partial charge in [0.1, 0.15) is 5.82 Å². The number of fused-ring (bicyclic) bond motifs is 1. The van der Waals surface area contributed by atoms with Gasteiger partial charge in [0.25, 0.3) is 0 Å². The molecule has 0 bridgehead atoms. The molecule has 2 heterocycles. The van der Waals surface area contributed by atoms with Gasteiger partial charge in [-0.15, -0.1) is 11.6 Å². The Bertz CT molecular complexity index is 452. The van der Waals surface area contributed by atoms with E-state index in [2.05, 4.69) is 9.80 Å². The third kappa shape index (κ3) is 2.59. The Labute approximate surface area is 119 Å². The lowest BCUT2D eigenvalue weighted by Gasteiger charge is -2.45. The van der Waals surface area contributed by atoms with Crippen LogP contribution >= 0.6 is 11.6 Å². The van der Waals surface area contributed by atoms with Crippen LogP contribution in [0.4, 0.5) is 10.1 Å². The van der Waals surface area contributed by atoms with Crippen molar-refractivity contribution in [1.29, 1.82) is 0 Å². The summed E-state index contributed by atoms with van der Waals surface area (Å²) in [6.07, 6.45) is 3.85. The number of para-hydroxylation sites is 1. The zero-order valence-corrected chi connectivity index (χ0v) is 11.9. The number of hydrogen-bond donors (Lipinski definition) is 0. The quantitative estimate of drug-likeness (QED) is 0.769. The van der Waals surface area contributed by atoms with Gasteiger partial charge in [0.2, 0.25) is 0 Å². The van der Waals surface area contributed by atoms with Crippen molar-refractivity contribution in [3.8, 4) is 0 Å². The SMILES string of the molecule is Fc1cccc(CCl)c1N1CCN2CCCCC2C1. The second-order valence-electron chi connectivity index (χ2n) is 5.51. The van der Waals surface area contributed by atoms with E-state index in [-0.39, 0.29) is 5.82 Å². The maximum absolute atomic E-state index is 14.1. The van der Waals surface area contributed by atoms with Crippen LogP contribution in [0.2, 0.25) is 0 Å². The summed E-state index contributed by atoms with van der Waals surface area (Å²) in [4.78, 5) is 4.75. The number of nitrogens with zero attached hydrogens (tertiary/aromatic N) is 2. The summed E-state index contributed by atoms with van der Waals surface area (Å²) in [5.74, 6) is 0.236. The van der Waals surface area contributed by atoms with Gasteiger partial charge in [-0.1, -0.05) is 18.6 Å². The molecule has 4 heteroatoms. The van der Waals surface area contributed by atoms with E-state index in [1.165, 1.54) is 25.8 Å². The number of hydrogen-bond acceptors (Lipinski definition) is 2. The maximum atomic E-state index is 14.1. The first-order valence-corrected chi connectivity index (χ1v) is 7.65. The van der Waals surface area contributed by atoms with Crippen LogP contribution in [-0.4, -0.2) is 37.1 Å². The Hall–Kier alpha value is -0.800. The average Bonchev–Trinajstić information content (AvgIpc) is 2.46. The van der Waals surface area contributed by atoms with Crippen molar-refractivity contribution in [1.82, 2.24) is 4.90 Å². The Morgan fingerprint density at radius 1 is 1.21 bits per heavy atom. The maximum Gasteiger partial charge on any atom is 0.146 e. The Balaban J connectivity index is 1.83. The normalized spacial score (nSPS) is 24.3. The summed E-state index contributed by atoms with van der Waals surface area (Å²) in [7, 11) is 0. The Morgan fingerprint density at radius 3 is 2.95 bits per heavy atom. The number of piperazine rings is 1. The molecule has 3 rings (SSSR count). The highest BCUT2D eigenvalue weighted by molar-refractivity contribution is 6.17. The largest absolute Gasteiger partial charge is 0.366 e. The fourth-order valence-corrected chi connectivity index (χ4v) is 3.60. The molecule has 1 aromatic rings. The molecule has 1 atom stereocenters. The van der Waals surface area contributed by atoms with Crippen molar-refractivity contribution in [3.05, 3.63) is 29.6 Å². The number of alkyl halides is 1. The van der Waals surface area contributed by atoms with Crippen molar-refractivity contribution in [2.24, 2.45) is 0 Å². The Kier molecular flexibility index (Phi) is 3.94. The molecule has 2 saturated heterocycles. The number of halogens is 2. The second-order valence-corrected chi connectivity index (χ2v) is 5.78. The van der Waals surface area contributed by atoms with Gasteiger partial charge in [-0.25, -0.2) is 4.39 Å². The van der Waals surface area contributed by atoms with Gasteiger partial charge >= 0.3 is 0 Å². The lowest BCUT2D eigenvalue weighted by atomic mass is 9.98. The molecule has 0 saturated carbocycles. The highest BCUT2D eigenvalue weighted by atomic mass is 35.5. The molecule has 2 aliphatic rings. The molecule has 0 radical (unpaired) electrons. The van der Waals surface area contributed by atoms with Crippen LogP contribution in [0.25, 0.3) is 0 Å². The minimum atomic E-state index is -0.137. The molecule has 1 unspecified atom stereocenters. The molecule has 0 amide bonds. The molecule has 0 aliphatic carbocycles. The van der Waals surface area contributed by atoms with Gasteiger partial charge in [0, 0.05) is 31.6 Å². The van der Waals surface area contributed by atoms with Crippen molar-refractivity contribution < 1.29 is 4.39 Å². The minimum Gasteiger partial charge on any atom is -0.366 e. The first-order valence-electron chi connectivity index (χ1n) is 7.12.